The van der Waals surface area contributed by atoms with E-state index < -0.39 is 24.2 Å². The second-order valence-corrected chi connectivity index (χ2v) is 6.67. The van der Waals surface area contributed by atoms with Crippen LogP contribution in [0.2, 0.25) is 0 Å². The number of carbonyl (C=O) groups is 1. The van der Waals surface area contributed by atoms with Gasteiger partial charge in [0.15, 0.2) is 0 Å². The van der Waals surface area contributed by atoms with Crippen LogP contribution >= 0.6 is 0 Å². The number of carbonyl (C=O) groups excluding carboxylic acids is 1. The van der Waals surface area contributed by atoms with E-state index in [0.717, 1.165) is 12.8 Å². The number of alkyl halides is 3. The van der Waals surface area contributed by atoms with E-state index in [1.165, 1.54) is 14.0 Å². The lowest BCUT2D eigenvalue weighted by atomic mass is 9.93. The summed E-state index contributed by atoms with van der Waals surface area (Å²) < 4.78 is 48.7. The summed E-state index contributed by atoms with van der Waals surface area (Å²) in [6.07, 6.45) is -4.60. The molecule has 1 atom stereocenters. The molecule has 1 fully saturated rings. The summed E-state index contributed by atoms with van der Waals surface area (Å²) in [5.41, 5.74) is -0.830. The van der Waals surface area contributed by atoms with Crippen LogP contribution < -0.4 is 10.1 Å². The lowest BCUT2D eigenvalue weighted by Gasteiger charge is -2.29. The molecule has 2 rings (SSSR count). The van der Waals surface area contributed by atoms with Crippen molar-refractivity contribution in [2.75, 3.05) is 7.11 Å². The Morgan fingerprint density at radius 1 is 1.27 bits per heavy atom. The van der Waals surface area contributed by atoms with Gasteiger partial charge in [0.1, 0.15) is 12.4 Å². The van der Waals surface area contributed by atoms with E-state index in [4.69, 9.17) is 9.47 Å². The van der Waals surface area contributed by atoms with Crippen molar-refractivity contribution in [3.05, 3.63) is 29.8 Å². The van der Waals surface area contributed by atoms with E-state index in [9.17, 15) is 18.0 Å². The molecule has 1 aliphatic carbocycles. The normalized spacial score (nSPS) is 16.0. The van der Waals surface area contributed by atoms with Gasteiger partial charge >= 0.3 is 12.3 Å². The fourth-order valence-corrected chi connectivity index (χ4v) is 2.36. The molecule has 1 aromatic carbocycles. The summed E-state index contributed by atoms with van der Waals surface area (Å²) in [5.74, 6) is 6.63. The van der Waals surface area contributed by atoms with Gasteiger partial charge in [-0.05, 0) is 37.5 Å². The van der Waals surface area contributed by atoms with Crippen molar-refractivity contribution in [3.63, 3.8) is 0 Å². The Bertz CT molecular complexity index is 672. The molecule has 1 N–H and O–H groups in total. The van der Waals surface area contributed by atoms with Gasteiger partial charge in [-0.2, -0.15) is 13.2 Å². The zero-order valence-corrected chi connectivity index (χ0v) is 14.8. The minimum absolute atomic E-state index is 0.0499. The van der Waals surface area contributed by atoms with Gasteiger partial charge < -0.3 is 14.8 Å². The number of hydrogen-bond acceptors (Lipinski definition) is 3. The van der Waals surface area contributed by atoms with Crippen molar-refractivity contribution >= 4 is 6.09 Å². The first kappa shape index (κ1) is 20.0. The predicted molar refractivity (Wildman–Crippen MR) is 90.5 cm³/mol. The second kappa shape index (κ2) is 8.35. The molecule has 0 saturated heterocycles. The van der Waals surface area contributed by atoms with Gasteiger partial charge in [0.05, 0.1) is 19.1 Å². The minimum atomic E-state index is -4.42. The molecular formula is C19H22F3NO3. The van der Waals surface area contributed by atoms with Gasteiger partial charge in [0, 0.05) is 12.3 Å². The topological polar surface area (TPSA) is 47.6 Å². The van der Waals surface area contributed by atoms with E-state index in [0.29, 0.717) is 11.3 Å². The first-order valence-electron chi connectivity index (χ1n) is 8.32. The summed E-state index contributed by atoms with van der Waals surface area (Å²) in [6, 6.07) is 6.83. The second-order valence-electron chi connectivity index (χ2n) is 6.67. The highest BCUT2D eigenvalue weighted by Crippen LogP contribution is 2.31. The highest BCUT2D eigenvalue weighted by molar-refractivity contribution is 5.68. The molecule has 26 heavy (non-hydrogen) atoms. The van der Waals surface area contributed by atoms with Crippen LogP contribution in [-0.2, 0) is 11.3 Å². The van der Waals surface area contributed by atoms with Gasteiger partial charge in [-0.1, -0.05) is 18.1 Å². The number of halogens is 3. The maximum atomic E-state index is 12.9. The van der Waals surface area contributed by atoms with Crippen molar-refractivity contribution in [2.24, 2.45) is 5.92 Å². The number of alkyl carbamates (subject to hydrolysis) is 1. The van der Waals surface area contributed by atoms with Crippen LogP contribution in [0.4, 0.5) is 18.0 Å². The van der Waals surface area contributed by atoms with E-state index in [-0.39, 0.29) is 18.9 Å². The molecule has 7 heteroatoms. The Morgan fingerprint density at radius 2 is 1.92 bits per heavy atom. The number of methoxy groups -OCH3 is 1. The molecule has 1 saturated carbocycles. The number of amides is 1. The fourth-order valence-electron chi connectivity index (χ4n) is 2.36. The van der Waals surface area contributed by atoms with Crippen LogP contribution in [0.5, 0.6) is 5.75 Å². The van der Waals surface area contributed by atoms with Crippen molar-refractivity contribution in [1.29, 1.82) is 0 Å². The summed E-state index contributed by atoms with van der Waals surface area (Å²) in [7, 11) is 1.53. The van der Waals surface area contributed by atoms with Gasteiger partial charge in [-0.15, -0.1) is 5.92 Å². The molecule has 0 aromatic heterocycles. The Hall–Kier alpha value is -2.36. The fraction of sp³-hybridized carbons (Fsp3) is 0.526. The maximum Gasteiger partial charge on any atom is 0.407 e. The smallest absolute Gasteiger partial charge is 0.407 e. The molecule has 1 unspecified atom stereocenters. The molecule has 0 spiro atoms. The number of nitrogens with one attached hydrogen (secondary N) is 1. The number of ether oxygens (including phenoxy) is 2. The number of hydrogen-bond donors (Lipinski definition) is 1. The number of rotatable bonds is 6. The molecule has 0 bridgehead atoms. The molecule has 0 aliphatic heterocycles. The molecule has 1 amide bonds. The standard InChI is InChI=1S/C19H22F3NO3/c1-18(13-19(20,21)22,11-3-4-14-5-6-14)23-17(24)26-12-15-7-9-16(25-2)10-8-15/h7-10,14H,5-6,11-13H2,1-2H3,(H,23,24). The van der Waals surface area contributed by atoms with Crippen LogP contribution in [0.25, 0.3) is 0 Å². The average Bonchev–Trinajstić information content (AvgIpc) is 3.35. The molecule has 0 radical (unpaired) electrons. The third kappa shape index (κ3) is 7.26. The van der Waals surface area contributed by atoms with E-state index >= 15 is 0 Å². The van der Waals surface area contributed by atoms with Crippen molar-refractivity contribution in [1.82, 2.24) is 5.32 Å². The monoisotopic (exact) mass is 369 g/mol. The summed E-state index contributed by atoms with van der Waals surface area (Å²) in [6.45, 7) is 1.28. The van der Waals surface area contributed by atoms with Crippen molar-refractivity contribution in [2.45, 2.75) is 50.9 Å². The van der Waals surface area contributed by atoms with Crippen molar-refractivity contribution < 1.29 is 27.4 Å². The Kier molecular flexibility index (Phi) is 6.41. The SMILES string of the molecule is COc1ccc(COC(=O)NC(C)(CC#CC2CC2)CC(F)(F)F)cc1. The third-order valence-corrected chi connectivity index (χ3v) is 3.89. The average molecular weight is 369 g/mol. The van der Waals surface area contributed by atoms with Gasteiger partial charge in [0.2, 0.25) is 0 Å². The summed E-state index contributed by atoms with van der Waals surface area (Å²) in [4.78, 5) is 12.0. The van der Waals surface area contributed by atoms with Crippen molar-refractivity contribution in [3.8, 4) is 17.6 Å². The Balaban J connectivity index is 1.92. The highest BCUT2D eigenvalue weighted by atomic mass is 19.4. The van der Waals surface area contributed by atoms with Crippen LogP contribution in [0.1, 0.15) is 38.2 Å². The maximum absolute atomic E-state index is 12.9. The Labute approximate surface area is 151 Å². The van der Waals surface area contributed by atoms with Gasteiger partial charge in [-0.3, -0.25) is 0 Å². The van der Waals surface area contributed by atoms with Crippen LogP contribution in [-0.4, -0.2) is 24.9 Å². The predicted octanol–water partition coefficient (Wildman–Crippen LogP) is 4.44. The van der Waals surface area contributed by atoms with E-state index in [2.05, 4.69) is 17.2 Å². The summed E-state index contributed by atoms with van der Waals surface area (Å²) >= 11 is 0. The number of benzene rings is 1. The van der Waals surface area contributed by atoms with Gasteiger partial charge in [0.25, 0.3) is 0 Å². The largest absolute Gasteiger partial charge is 0.497 e. The summed E-state index contributed by atoms with van der Waals surface area (Å²) in [5, 5.41) is 2.33. The van der Waals surface area contributed by atoms with E-state index in [1.54, 1.807) is 24.3 Å². The molecule has 4 nitrogen and oxygen atoms in total. The van der Waals surface area contributed by atoms with Crippen LogP contribution in [0.15, 0.2) is 24.3 Å². The zero-order chi connectivity index (χ0) is 19.2. The lowest BCUT2D eigenvalue weighted by molar-refractivity contribution is -0.147. The van der Waals surface area contributed by atoms with Gasteiger partial charge in [-0.25, -0.2) is 4.79 Å². The van der Waals surface area contributed by atoms with Crippen LogP contribution in [0, 0.1) is 17.8 Å². The minimum Gasteiger partial charge on any atom is -0.497 e. The van der Waals surface area contributed by atoms with Crippen LogP contribution in [0.3, 0.4) is 0 Å². The molecule has 1 aromatic rings. The first-order chi connectivity index (χ1) is 12.2. The molecule has 1 aliphatic rings. The zero-order valence-electron chi connectivity index (χ0n) is 14.8. The first-order valence-corrected chi connectivity index (χ1v) is 8.32. The Morgan fingerprint density at radius 3 is 2.46 bits per heavy atom. The lowest BCUT2D eigenvalue weighted by Crippen LogP contribution is -2.48. The highest BCUT2D eigenvalue weighted by Gasteiger charge is 2.40. The third-order valence-electron chi connectivity index (χ3n) is 3.89. The van der Waals surface area contributed by atoms with E-state index in [1.807, 2.05) is 0 Å². The molecule has 0 heterocycles. The quantitative estimate of drug-likeness (QED) is 0.755. The molecular weight excluding hydrogens is 347 g/mol. The molecule has 142 valence electrons.